The summed E-state index contributed by atoms with van der Waals surface area (Å²) in [6.45, 7) is 0.651. The summed E-state index contributed by atoms with van der Waals surface area (Å²) < 4.78 is 22.0. The zero-order chi connectivity index (χ0) is 11.3. The Kier molecular flexibility index (Phi) is 4.28. The Hall–Kier alpha value is -0.880. The van der Waals surface area contributed by atoms with Crippen LogP contribution < -0.4 is 5.32 Å². The third-order valence-corrected chi connectivity index (χ3v) is 3.55. The van der Waals surface area contributed by atoms with Crippen molar-refractivity contribution in [2.45, 2.75) is 25.3 Å². The fourth-order valence-electron chi connectivity index (χ4n) is 1.39. The number of rotatable bonds is 6. The van der Waals surface area contributed by atoms with E-state index < -0.39 is 15.8 Å². The summed E-state index contributed by atoms with van der Waals surface area (Å²) >= 11 is 0. The number of aliphatic carboxylic acids is 1. The van der Waals surface area contributed by atoms with Crippen molar-refractivity contribution in [1.82, 2.24) is 5.32 Å². The first kappa shape index (κ1) is 12.2. The monoisotopic (exact) mass is 233 g/mol. The summed E-state index contributed by atoms with van der Waals surface area (Å²) in [6.07, 6.45) is 3.16. The first-order chi connectivity index (χ1) is 6.99. The van der Waals surface area contributed by atoms with E-state index in [1.807, 2.05) is 0 Å². The van der Waals surface area contributed by atoms with Crippen LogP contribution in [0.25, 0.3) is 0 Å². The molecule has 1 aliphatic rings. The van der Waals surface area contributed by atoms with E-state index in [1.54, 1.807) is 6.08 Å². The minimum absolute atomic E-state index is 0.111. The molecule has 5 nitrogen and oxygen atoms in total. The number of carbonyl (C=O) groups is 1. The van der Waals surface area contributed by atoms with Gasteiger partial charge in [0.15, 0.2) is 9.84 Å². The first-order valence-electron chi connectivity index (χ1n) is 4.86. The second-order valence-electron chi connectivity index (χ2n) is 3.57. The molecule has 0 saturated heterocycles. The van der Waals surface area contributed by atoms with Gasteiger partial charge in [-0.1, -0.05) is 6.08 Å². The molecule has 1 heterocycles. The molecule has 6 heteroatoms. The quantitative estimate of drug-likeness (QED) is 0.638. The lowest BCUT2D eigenvalue weighted by Crippen LogP contribution is -2.30. The van der Waals surface area contributed by atoms with Crippen LogP contribution in [0.1, 0.15) is 19.3 Å². The zero-order valence-corrected chi connectivity index (χ0v) is 9.16. The average molecular weight is 233 g/mol. The summed E-state index contributed by atoms with van der Waals surface area (Å²) in [4.78, 5) is 10.2. The molecule has 86 valence electrons. The minimum atomic E-state index is -2.99. The zero-order valence-electron chi connectivity index (χ0n) is 8.35. The van der Waals surface area contributed by atoms with Crippen molar-refractivity contribution in [3.8, 4) is 0 Å². The highest BCUT2D eigenvalue weighted by molar-refractivity contribution is 7.94. The van der Waals surface area contributed by atoms with Gasteiger partial charge < -0.3 is 10.4 Å². The smallest absolute Gasteiger partial charge is 0.303 e. The van der Waals surface area contributed by atoms with Gasteiger partial charge >= 0.3 is 5.97 Å². The normalized spacial score (nSPS) is 23.1. The van der Waals surface area contributed by atoms with Gasteiger partial charge in [-0.2, -0.15) is 0 Å². The Balaban J connectivity index is 2.08. The van der Waals surface area contributed by atoms with E-state index in [0.29, 0.717) is 13.0 Å². The molecule has 0 spiro atoms. The van der Waals surface area contributed by atoms with Gasteiger partial charge in [0.1, 0.15) is 0 Å². The number of unbranched alkanes of at least 4 members (excludes halogenated alkanes) is 1. The Morgan fingerprint density at radius 3 is 2.73 bits per heavy atom. The van der Waals surface area contributed by atoms with Crippen molar-refractivity contribution < 1.29 is 18.3 Å². The highest BCUT2D eigenvalue weighted by atomic mass is 32.2. The highest BCUT2D eigenvalue weighted by Crippen LogP contribution is 2.07. The van der Waals surface area contributed by atoms with Crippen LogP contribution in [0.15, 0.2) is 11.5 Å². The van der Waals surface area contributed by atoms with Crippen LogP contribution in [-0.4, -0.2) is 37.8 Å². The molecule has 0 aromatic carbocycles. The fraction of sp³-hybridized carbons (Fsp3) is 0.667. The number of hydrogen-bond acceptors (Lipinski definition) is 4. The first-order valence-corrected chi connectivity index (χ1v) is 6.57. The number of carboxylic acids is 1. The van der Waals surface area contributed by atoms with Crippen LogP contribution in [0, 0.1) is 0 Å². The lowest BCUT2D eigenvalue weighted by molar-refractivity contribution is -0.137. The second-order valence-corrected chi connectivity index (χ2v) is 5.50. The van der Waals surface area contributed by atoms with Gasteiger partial charge in [0.05, 0.1) is 5.75 Å². The maximum atomic E-state index is 11.0. The van der Waals surface area contributed by atoms with Gasteiger partial charge in [-0.3, -0.25) is 4.79 Å². The molecule has 0 bridgehead atoms. The molecule has 1 atom stereocenters. The van der Waals surface area contributed by atoms with Crippen LogP contribution in [0.2, 0.25) is 0 Å². The standard InChI is InChI=1S/C9H15NO4S/c11-9(12)3-1-2-5-10-8-4-6-15(13,14)7-8/h4,6,8,10H,1-3,5,7H2,(H,11,12). The average Bonchev–Trinajstić information content (AvgIpc) is 2.44. The number of nitrogens with one attached hydrogen (secondary N) is 1. The lowest BCUT2D eigenvalue weighted by Gasteiger charge is -2.08. The molecule has 0 aromatic rings. The Labute approximate surface area is 89.1 Å². The van der Waals surface area contributed by atoms with Gasteiger partial charge in [-0.05, 0) is 19.4 Å². The van der Waals surface area contributed by atoms with Crippen LogP contribution in [0.4, 0.5) is 0 Å². The van der Waals surface area contributed by atoms with Gasteiger partial charge in [0.25, 0.3) is 0 Å². The number of carboxylic acid groups (broad SMARTS) is 1. The number of sulfone groups is 1. The van der Waals surface area contributed by atoms with Crippen LogP contribution in [0.5, 0.6) is 0 Å². The third kappa shape index (κ3) is 4.94. The van der Waals surface area contributed by atoms with Crippen molar-refractivity contribution in [2.24, 2.45) is 0 Å². The van der Waals surface area contributed by atoms with E-state index >= 15 is 0 Å². The molecule has 1 rings (SSSR count). The summed E-state index contributed by atoms with van der Waals surface area (Å²) in [5.74, 6) is -0.676. The summed E-state index contributed by atoms with van der Waals surface area (Å²) in [7, 11) is -2.99. The van der Waals surface area contributed by atoms with Gasteiger partial charge in [-0.25, -0.2) is 8.42 Å². The van der Waals surface area contributed by atoms with Crippen LogP contribution in [0.3, 0.4) is 0 Å². The third-order valence-electron chi connectivity index (χ3n) is 2.15. The maximum Gasteiger partial charge on any atom is 0.303 e. The van der Waals surface area contributed by atoms with Crippen molar-refractivity contribution in [3.63, 3.8) is 0 Å². The topological polar surface area (TPSA) is 83.5 Å². The Bertz CT molecular complexity index is 347. The molecule has 0 saturated carbocycles. The van der Waals surface area contributed by atoms with Crippen molar-refractivity contribution in [3.05, 3.63) is 11.5 Å². The van der Waals surface area contributed by atoms with Crippen molar-refractivity contribution in [2.75, 3.05) is 12.3 Å². The molecule has 0 radical (unpaired) electrons. The summed E-state index contributed by atoms with van der Waals surface area (Å²) in [5, 5.41) is 12.7. The van der Waals surface area contributed by atoms with E-state index in [2.05, 4.69) is 5.32 Å². The van der Waals surface area contributed by atoms with E-state index in [1.165, 1.54) is 5.41 Å². The highest BCUT2D eigenvalue weighted by Gasteiger charge is 2.20. The van der Waals surface area contributed by atoms with E-state index in [4.69, 9.17) is 5.11 Å². The van der Waals surface area contributed by atoms with Gasteiger partial charge in [-0.15, -0.1) is 0 Å². The molecule has 2 N–H and O–H groups in total. The maximum absolute atomic E-state index is 11.0. The molecule has 0 aliphatic carbocycles. The molecular formula is C9H15NO4S. The minimum Gasteiger partial charge on any atom is -0.481 e. The second kappa shape index (κ2) is 5.27. The predicted molar refractivity (Wildman–Crippen MR) is 56.2 cm³/mol. The summed E-state index contributed by atoms with van der Waals surface area (Å²) in [6, 6.07) is -0.111. The molecule has 1 unspecified atom stereocenters. The Morgan fingerprint density at radius 1 is 1.47 bits per heavy atom. The van der Waals surface area contributed by atoms with E-state index in [9.17, 15) is 13.2 Å². The fourth-order valence-corrected chi connectivity index (χ4v) is 2.66. The lowest BCUT2D eigenvalue weighted by atomic mass is 10.2. The van der Waals surface area contributed by atoms with Gasteiger partial charge in [0.2, 0.25) is 0 Å². The van der Waals surface area contributed by atoms with E-state index in [-0.39, 0.29) is 18.2 Å². The van der Waals surface area contributed by atoms with Crippen molar-refractivity contribution in [1.29, 1.82) is 0 Å². The number of hydrogen-bond donors (Lipinski definition) is 2. The van der Waals surface area contributed by atoms with Crippen LogP contribution in [-0.2, 0) is 14.6 Å². The van der Waals surface area contributed by atoms with Crippen molar-refractivity contribution >= 4 is 15.8 Å². The molecular weight excluding hydrogens is 218 g/mol. The SMILES string of the molecule is O=C(O)CCCCNC1C=CS(=O)(=O)C1. The molecule has 1 aliphatic heterocycles. The Morgan fingerprint density at radius 2 is 2.20 bits per heavy atom. The molecule has 15 heavy (non-hydrogen) atoms. The molecule has 0 aromatic heterocycles. The largest absolute Gasteiger partial charge is 0.481 e. The summed E-state index contributed by atoms with van der Waals surface area (Å²) in [5.41, 5.74) is 0. The van der Waals surface area contributed by atoms with E-state index in [0.717, 1.165) is 6.42 Å². The predicted octanol–water partition coefficient (Wildman–Crippen LogP) is 0.142. The van der Waals surface area contributed by atoms with Gasteiger partial charge in [0, 0.05) is 17.9 Å². The molecule has 0 amide bonds. The molecule has 0 fully saturated rings. The van der Waals surface area contributed by atoms with Crippen LogP contribution >= 0.6 is 0 Å².